The van der Waals surface area contributed by atoms with E-state index in [-0.39, 0.29) is 11.7 Å². The van der Waals surface area contributed by atoms with E-state index >= 15 is 0 Å². The summed E-state index contributed by atoms with van der Waals surface area (Å²) in [7, 11) is 3.06. The Morgan fingerprint density at radius 2 is 1.83 bits per heavy atom. The average molecular weight is 485 g/mol. The number of hydrogen-bond donors (Lipinski definition) is 1. The van der Waals surface area contributed by atoms with Crippen molar-refractivity contribution < 1.29 is 19.1 Å². The third kappa shape index (κ3) is 4.24. The highest BCUT2D eigenvalue weighted by molar-refractivity contribution is 7.12. The van der Waals surface area contributed by atoms with Crippen molar-refractivity contribution in [2.75, 3.05) is 19.5 Å². The molecule has 174 valence electrons. The number of nitrogens with zero attached hydrogens (tertiary/aromatic N) is 3. The van der Waals surface area contributed by atoms with Gasteiger partial charge in [0.15, 0.2) is 17.1 Å². The summed E-state index contributed by atoms with van der Waals surface area (Å²) in [5.41, 5.74) is 3.49. The molecule has 0 fully saturated rings. The average Bonchev–Trinajstić information content (AvgIpc) is 3.58. The second kappa shape index (κ2) is 9.40. The fraction of sp³-hybridized carbons (Fsp3) is 0.0769. The van der Waals surface area contributed by atoms with Crippen molar-refractivity contribution in [3.05, 3.63) is 94.4 Å². The highest BCUT2D eigenvalue weighted by atomic mass is 32.1. The molecule has 0 saturated carbocycles. The summed E-state index contributed by atoms with van der Waals surface area (Å²) in [6.45, 7) is 0. The summed E-state index contributed by atoms with van der Waals surface area (Å²) in [6.07, 6.45) is 3.18. The molecule has 3 aromatic heterocycles. The van der Waals surface area contributed by atoms with Crippen LogP contribution in [-0.4, -0.2) is 40.5 Å². The van der Waals surface area contributed by atoms with E-state index in [1.165, 1.54) is 24.6 Å². The van der Waals surface area contributed by atoms with E-state index in [2.05, 4.69) is 15.4 Å². The Balaban J connectivity index is 1.45. The molecule has 2 aromatic carbocycles. The molecule has 0 bridgehead atoms. The summed E-state index contributed by atoms with van der Waals surface area (Å²) in [6, 6.07) is 17.8. The van der Waals surface area contributed by atoms with Crippen LogP contribution < -0.4 is 14.8 Å². The molecule has 8 nitrogen and oxygen atoms in total. The normalized spacial score (nSPS) is 10.8. The number of aromatic nitrogens is 3. The standard InChI is InChI=1S/C26H20N4O4S/c1-33-21-9-8-17(14-22(21)34-2)26(32)29-18-6-3-5-16(13-18)20-10-11-27-25-19(15-28-30(20)25)24(31)23-7-4-12-35-23/h3-15H,1-2H3,(H,29,32). The van der Waals surface area contributed by atoms with E-state index < -0.39 is 0 Å². The highest BCUT2D eigenvalue weighted by Crippen LogP contribution is 2.29. The van der Waals surface area contributed by atoms with Gasteiger partial charge < -0.3 is 14.8 Å². The fourth-order valence-corrected chi connectivity index (χ4v) is 4.43. The van der Waals surface area contributed by atoms with Gasteiger partial charge >= 0.3 is 0 Å². The molecule has 5 aromatic rings. The molecule has 0 aliphatic heterocycles. The topological polar surface area (TPSA) is 94.8 Å². The highest BCUT2D eigenvalue weighted by Gasteiger charge is 2.19. The summed E-state index contributed by atoms with van der Waals surface area (Å²) >= 11 is 1.38. The van der Waals surface area contributed by atoms with Crippen LogP contribution >= 0.6 is 11.3 Å². The first kappa shape index (κ1) is 22.3. The number of fused-ring (bicyclic) bond motifs is 1. The molecule has 0 atom stereocenters. The molecule has 0 aliphatic rings. The van der Waals surface area contributed by atoms with E-state index in [0.717, 1.165) is 11.3 Å². The lowest BCUT2D eigenvalue weighted by Crippen LogP contribution is -2.12. The van der Waals surface area contributed by atoms with E-state index in [1.807, 2.05) is 35.7 Å². The minimum absolute atomic E-state index is 0.115. The zero-order valence-electron chi connectivity index (χ0n) is 18.9. The van der Waals surface area contributed by atoms with Gasteiger partial charge in [-0.05, 0) is 47.8 Å². The lowest BCUT2D eigenvalue weighted by molar-refractivity contribution is 0.102. The smallest absolute Gasteiger partial charge is 0.255 e. The predicted molar refractivity (Wildman–Crippen MR) is 134 cm³/mol. The van der Waals surface area contributed by atoms with Gasteiger partial charge in [0.25, 0.3) is 5.91 Å². The van der Waals surface area contributed by atoms with Gasteiger partial charge in [0.2, 0.25) is 5.78 Å². The second-order valence-electron chi connectivity index (χ2n) is 7.53. The van der Waals surface area contributed by atoms with Crippen LogP contribution in [0.3, 0.4) is 0 Å². The summed E-state index contributed by atoms with van der Waals surface area (Å²) in [5, 5.41) is 9.20. The molecule has 1 N–H and O–H groups in total. The van der Waals surface area contributed by atoms with Gasteiger partial charge in [-0.25, -0.2) is 9.50 Å². The molecule has 0 unspecified atom stereocenters. The zero-order chi connectivity index (χ0) is 24.4. The van der Waals surface area contributed by atoms with Crippen LogP contribution in [0, 0.1) is 0 Å². The molecule has 0 aliphatic carbocycles. The Kier molecular flexibility index (Phi) is 5.99. The van der Waals surface area contributed by atoms with E-state index in [0.29, 0.717) is 38.8 Å². The molecular formula is C26H20N4O4S. The van der Waals surface area contributed by atoms with E-state index in [1.54, 1.807) is 48.2 Å². The number of anilines is 1. The van der Waals surface area contributed by atoms with E-state index in [9.17, 15) is 9.59 Å². The molecule has 0 radical (unpaired) electrons. The first-order chi connectivity index (χ1) is 17.1. The van der Waals surface area contributed by atoms with Crippen molar-refractivity contribution >= 4 is 34.4 Å². The molecular weight excluding hydrogens is 464 g/mol. The Labute approximate surface area is 204 Å². The maximum absolute atomic E-state index is 12.9. The van der Waals surface area contributed by atoms with Crippen LogP contribution in [-0.2, 0) is 0 Å². The van der Waals surface area contributed by atoms with Gasteiger partial charge in [-0.1, -0.05) is 18.2 Å². The molecule has 1 amide bonds. The summed E-state index contributed by atoms with van der Waals surface area (Å²) in [4.78, 5) is 30.8. The number of nitrogens with one attached hydrogen (secondary N) is 1. The monoisotopic (exact) mass is 484 g/mol. The molecule has 35 heavy (non-hydrogen) atoms. The fourth-order valence-electron chi connectivity index (χ4n) is 3.75. The van der Waals surface area contributed by atoms with Crippen LogP contribution in [0.5, 0.6) is 11.5 Å². The number of hydrogen-bond acceptors (Lipinski definition) is 7. The Morgan fingerprint density at radius 3 is 2.60 bits per heavy atom. The quantitative estimate of drug-likeness (QED) is 0.328. The number of methoxy groups -OCH3 is 2. The minimum atomic E-state index is -0.286. The number of carbonyl (C=O) groups is 2. The lowest BCUT2D eigenvalue weighted by atomic mass is 10.1. The minimum Gasteiger partial charge on any atom is -0.493 e. The summed E-state index contributed by atoms with van der Waals surface area (Å²) in [5.74, 6) is 0.616. The third-order valence-corrected chi connectivity index (χ3v) is 6.32. The number of ketones is 1. The van der Waals surface area contributed by atoms with Gasteiger partial charge in [0, 0.05) is 23.0 Å². The Morgan fingerprint density at radius 1 is 0.971 bits per heavy atom. The van der Waals surface area contributed by atoms with Gasteiger partial charge in [0.05, 0.1) is 36.6 Å². The maximum Gasteiger partial charge on any atom is 0.255 e. The van der Waals surface area contributed by atoms with Crippen molar-refractivity contribution in [3.8, 4) is 22.8 Å². The number of amides is 1. The van der Waals surface area contributed by atoms with Gasteiger partial charge in [-0.3, -0.25) is 9.59 Å². The Hall–Kier alpha value is -4.50. The predicted octanol–water partition coefficient (Wildman–Crippen LogP) is 4.96. The number of benzene rings is 2. The van der Waals surface area contributed by atoms with Crippen LogP contribution in [0.2, 0.25) is 0 Å². The van der Waals surface area contributed by atoms with Crippen LogP contribution in [0.25, 0.3) is 16.9 Å². The number of ether oxygens (including phenoxy) is 2. The molecule has 0 saturated heterocycles. The first-order valence-corrected chi connectivity index (χ1v) is 11.5. The van der Waals surface area contributed by atoms with Crippen LogP contribution in [0.1, 0.15) is 25.6 Å². The zero-order valence-corrected chi connectivity index (χ0v) is 19.7. The number of carbonyl (C=O) groups excluding carboxylic acids is 2. The van der Waals surface area contributed by atoms with Gasteiger partial charge in [0.1, 0.15) is 0 Å². The second-order valence-corrected chi connectivity index (χ2v) is 8.48. The molecule has 5 rings (SSSR count). The van der Waals surface area contributed by atoms with Crippen molar-refractivity contribution in [1.29, 1.82) is 0 Å². The number of rotatable bonds is 7. The largest absolute Gasteiger partial charge is 0.493 e. The van der Waals surface area contributed by atoms with Crippen molar-refractivity contribution in [2.45, 2.75) is 0 Å². The maximum atomic E-state index is 12.9. The van der Waals surface area contributed by atoms with Gasteiger partial charge in [-0.15, -0.1) is 11.3 Å². The molecule has 9 heteroatoms. The Bertz CT molecular complexity index is 1540. The van der Waals surface area contributed by atoms with Crippen molar-refractivity contribution in [3.63, 3.8) is 0 Å². The SMILES string of the molecule is COc1ccc(C(=O)Nc2cccc(-c3ccnc4c(C(=O)c5cccs5)cnn34)c2)cc1OC. The first-order valence-electron chi connectivity index (χ1n) is 10.6. The van der Waals surface area contributed by atoms with Crippen molar-refractivity contribution in [2.24, 2.45) is 0 Å². The summed E-state index contributed by atoms with van der Waals surface area (Å²) < 4.78 is 12.2. The van der Waals surface area contributed by atoms with E-state index in [4.69, 9.17) is 9.47 Å². The molecule has 0 spiro atoms. The molecule has 3 heterocycles. The van der Waals surface area contributed by atoms with Crippen LogP contribution in [0.4, 0.5) is 5.69 Å². The lowest BCUT2D eigenvalue weighted by Gasteiger charge is -2.11. The van der Waals surface area contributed by atoms with Crippen molar-refractivity contribution in [1.82, 2.24) is 14.6 Å². The van der Waals surface area contributed by atoms with Crippen LogP contribution in [0.15, 0.2) is 78.4 Å². The number of thiophene rings is 1. The van der Waals surface area contributed by atoms with Gasteiger partial charge in [-0.2, -0.15) is 5.10 Å². The third-order valence-electron chi connectivity index (χ3n) is 5.45.